The monoisotopic (exact) mass is 176 g/mol. The number of carbonyl (C=O) groups is 2. The van der Waals surface area contributed by atoms with E-state index in [9.17, 15) is 4.79 Å². The van der Waals surface area contributed by atoms with Gasteiger partial charge in [0.1, 0.15) is 0 Å². The predicted octanol–water partition coefficient (Wildman–Crippen LogP) is -0.0629. The van der Waals surface area contributed by atoms with Gasteiger partial charge in [0.05, 0.1) is 6.20 Å². The molecule has 0 saturated carbocycles. The standard InChI is InChI=1S/C3H2N2O2S.CH2O2/c6-3(7)2-1-4-5-8-2;2-1-3/h1H,(H,6,7);1H,(H,2,3). The number of rotatable bonds is 1. The molecule has 0 unspecified atom stereocenters. The summed E-state index contributed by atoms with van der Waals surface area (Å²) in [7, 11) is 0. The lowest BCUT2D eigenvalue weighted by Gasteiger charge is -1.75. The van der Waals surface area contributed by atoms with Gasteiger partial charge >= 0.3 is 5.97 Å². The molecule has 0 aliphatic rings. The second-order valence-corrected chi connectivity index (χ2v) is 1.98. The van der Waals surface area contributed by atoms with Crippen molar-refractivity contribution in [3.63, 3.8) is 0 Å². The van der Waals surface area contributed by atoms with Gasteiger partial charge in [0.25, 0.3) is 6.47 Å². The summed E-state index contributed by atoms with van der Waals surface area (Å²) >= 11 is 0.870. The Hall–Kier alpha value is -1.50. The third-order valence-electron chi connectivity index (χ3n) is 0.572. The fourth-order valence-electron chi connectivity index (χ4n) is 0.261. The van der Waals surface area contributed by atoms with Gasteiger partial charge in [-0.3, -0.25) is 4.79 Å². The van der Waals surface area contributed by atoms with E-state index in [0.717, 1.165) is 11.5 Å². The second-order valence-electron chi connectivity index (χ2n) is 1.19. The average molecular weight is 176 g/mol. The van der Waals surface area contributed by atoms with Crippen molar-refractivity contribution in [1.82, 2.24) is 9.59 Å². The zero-order valence-corrected chi connectivity index (χ0v) is 5.98. The highest BCUT2D eigenvalue weighted by Gasteiger charge is 2.02. The lowest BCUT2D eigenvalue weighted by Crippen LogP contribution is -1.89. The zero-order valence-electron chi connectivity index (χ0n) is 5.17. The van der Waals surface area contributed by atoms with E-state index in [2.05, 4.69) is 9.59 Å². The summed E-state index contributed by atoms with van der Waals surface area (Å²) in [6.45, 7) is -0.250. The number of hydrogen-bond acceptors (Lipinski definition) is 5. The van der Waals surface area contributed by atoms with Crippen molar-refractivity contribution < 1.29 is 19.8 Å². The van der Waals surface area contributed by atoms with Gasteiger partial charge in [0, 0.05) is 0 Å². The second kappa shape index (κ2) is 5.30. The van der Waals surface area contributed by atoms with Crippen LogP contribution in [0.3, 0.4) is 0 Å². The molecule has 60 valence electrons. The molecule has 1 rings (SSSR count). The fraction of sp³-hybridized carbons (Fsp3) is 0. The van der Waals surface area contributed by atoms with Crippen LogP contribution in [0.2, 0.25) is 0 Å². The minimum absolute atomic E-state index is 0.171. The Balaban J connectivity index is 0.000000292. The summed E-state index contributed by atoms with van der Waals surface area (Å²) in [6.07, 6.45) is 1.22. The summed E-state index contributed by atoms with van der Waals surface area (Å²) in [4.78, 5) is 18.5. The van der Waals surface area contributed by atoms with Crippen LogP contribution in [-0.4, -0.2) is 32.2 Å². The van der Waals surface area contributed by atoms with Gasteiger partial charge in [-0.2, -0.15) is 0 Å². The topological polar surface area (TPSA) is 100 Å². The smallest absolute Gasteiger partial charge is 0.349 e. The molecule has 1 aromatic heterocycles. The van der Waals surface area contributed by atoms with E-state index in [4.69, 9.17) is 15.0 Å². The van der Waals surface area contributed by atoms with Crippen molar-refractivity contribution in [3.05, 3.63) is 11.1 Å². The van der Waals surface area contributed by atoms with Gasteiger partial charge in [-0.05, 0) is 11.5 Å². The number of nitrogens with zero attached hydrogens (tertiary/aromatic N) is 2. The maximum Gasteiger partial charge on any atom is 0.349 e. The molecule has 1 aromatic rings. The Labute approximate surface area is 65.3 Å². The number of hydrogen-bond donors (Lipinski definition) is 2. The van der Waals surface area contributed by atoms with Crippen LogP contribution in [0.5, 0.6) is 0 Å². The van der Waals surface area contributed by atoms with Gasteiger partial charge in [0.2, 0.25) is 0 Å². The molecule has 0 fully saturated rings. The highest BCUT2D eigenvalue weighted by molar-refractivity contribution is 7.07. The number of carboxylic acid groups (broad SMARTS) is 2. The molecule has 0 radical (unpaired) electrons. The van der Waals surface area contributed by atoms with Crippen LogP contribution in [0, 0.1) is 0 Å². The first-order chi connectivity index (χ1) is 5.22. The van der Waals surface area contributed by atoms with E-state index in [-0.39, 0.29) is 11.3 Å². The largest absolute Gasteiger partial charge is 0.483 e. The van der Waals surface area contributed by atoms with E-state index in [1.54, 1.807) is 0 Å². The third-order valence-corrected chi connectivity index (χ3v) is 1.22. The quantitative estimate of drug-likeness (QED) is 0.581. The molecule has 0 bridgehead atoms. The first kappa shape index (κ1) is 9.50. The summed E-state index contributed by atoms with van der Waals surface area (Å²) in [5.41, 5.74) is 0. The van der Waals surface area contributed by atoms with Crippen molar-refractivity contribution in [3.8, 4) is 0 Å². The van der Waals surface area contributed by atoms with Crippen LogP contribution in [0.1, 0.15) is 9.67 Å². The van der Waals surface area contributed by atoms with Gasteiger partial charge in [0.15, 0.2) is 4.88 Å². The maximum absolute atomic E-state index is 9.99. The molecule has 0 spiro atoms. The van der Waals surface area contributed by atoms with E-state index in [1.807, 2.05) is 0 Å². The van der Waals surface area contributed by atoms with Crippen molar-refractivity contribution in [2.24, 2.45) is 0 Å². The molecular formula is C4H4N2O4S. The molecule has 0 aromatic carbocycles. The van der Waals surface area contributed by atoms with Gasteiger partial charge < -0.3 is 10.2 Å². The molecule has 0 atom stereocenters. The highest BCUT2D eigenvalue weighted by Crippen LogP contribution is 1.99. The molecule has 11 heavy (non-hydrogen) atoms. The SMILES string of the molecule is O=C(O)c1cnns1.O=CO. The van der Waals surface area contributed by atoms with E-state index in [0.29, 0.717) is 0 Å². The molecule has 0 amide bonds. The first-order valence-corrected chi connectivity index (χ1v) is 3.08. The Morgan fingerprint density at radius 3 is 2.45 bits per heavy atom. The van der Waals surface area contributed by atoms with Crippen LogP contribution >= 0.6 is 11.5 Å². The minimum Gasteiger partial charge on any atom is -0.483 e. The van der Waals surface area contributed by atoms with Crippen molar-refractivity contribution in [2.45, 2.75) is 0 Å². The molecule has 1 heterocycles. The van der Waals surface area contributed by atoms with E-state index < -0.39 is 5.97 Å². The number of carboxylic acids is 1. The summed E-state index contributed by atoms with van der Waals surface area (Å²) in [5, 5.41) is 18.4. The Morgan fingerprint density at radius 2 is 2.27 bits per heavy atom. The van der Waals surface area contributed by atoms with E-state index in [1.165, 1.54) is 6.20 Å². The molecule has 0 aliphatic heterocycles. The van der Waals surface area contributed by atoms with Gasteiger partial charge in [-0.15, -0.1) is 5.10 Å². The molecular weight excluding hydrogens is 172 g/mol. The summed E-state index contributed by atoms with van der Waals surface area (Å²) in [5.74, 6) is -0.972. The van der Waals surface area contributed by atoms with Gasteiger partial charge in [-0.1, -0.05) is 4.49 Å². The Kier molecular flexibility index (Phi) is 4.58. The van der Waals surface area contributed by atoms with Crippen LogP contribution in [0.15, 0.2) is 6.20 Å². The molecule has 7 heteroatoms. The van der Waals surface area contributed by atoms with Crippen molar-refractivity contribution >= 4 is 24.0 Å². The number of aromatic nitrogens is 2. The Bertz CT molecular complexity index is 222. The van der Waals surface area contributed by atoms with Crippen molar-refractivity contribution in [1.29, 1.82) is 0 Å². The lowest BCUT2D eigenvalue weighted by atomic mass is 10.6. The normalized spacial score (nSPS) is 7.64. The first-order valence-electron chi connectivity index (χ1n) is 2.31. The fourth-order valence-corrected chi connectivity index (χ4v) is 0.616. The summed E-state index contributed by atoms with van der Waals surface area (Å²) in [6, 6.07) is 0. The Morgan fingerprint density at radius 1 is 1.73 bits per heavy atom. The van der Waals surface area contributed by atoms with Gasteiger partial charge in [-0.25, -0.2) is 4.79 Å². The van der Waals surface area contributed by atoms with Crippen molar-refractivity contribution in [2.75, 3.05) is 0 Å². The minimum atomic E-state index is -0.972. The van der Waals surface area contributed by atoms with Crippen LogP contribution in [0.4, 0.5) is 0 Å². The molecule has 6 nitrogen and oxygen atoms in total. The zero-order chi connectivity index (χ0) is 8.69. The lowest BCUT2D eigenvalue weighted by molar-refractivity contribution is -0.122. The molecule has 0 saturated heterocycles. The van der Waals surface area contributed by atoms with Crippen LogP contribution in [0.25, 0.3) is 0 Å². The molecule has 0 aliphatic carbocycles. The third kappa shape index (κ3) is 3.98. The summed E-state index contributed by atoms with van der Waals surface area (Å²) < 4.78 is 3.35. The highest BCUT2D eigenvalue weighted by atomic mass is 32.1. The number of aromatic carboxylic acids is 1. The van der Waals surface area contributed by atoms with Crippen LogP contribution in [-0.2, 0) is 4.79 Å². The average Bonchev–Trinajstić information content (AvgIpc) is 2.38. The van der Waals surface area contributed by atoms with E-state index >= 15 is 0 Å². The van der Waals surface area contributed by atoms with Crippen LogP contribution < -0.4 is 0 Å². The molecule has 2 N–H and O–H groups in total. The maximum atomic E-state index is 9.99. The predicted molar refractivity (Wildman–Crippen MR) is 35.6 cm³/mol.